The summed E-state index contributed by atoms with van der Waals surface area (Å²) in [6, 6.07) is 16.2. The Morgan fingerprint density at radius 1 is 0.968 bits per heavy atom. The Morgan fingerprint density at radius 3 is 2.39 bits per heavy atom. The molecule has 0 aliphatic heterocycles. The lowest BCUT2D eigenvalue weighted by atomic mass is 9.97. The molecule has 0 spiro atoms. The predicted octanol–water partition coefficient (Wildman–Crippen LogP) is 5.15. The fourth-order valence-corrected chi connectivity index (χ4v) is 4.78. The Morgan fingerprint density at radius 2 is 1.68 bits per heavy atom. The molecule has 4 aromatic rings. The first-order valence-corrected chi connectivity index (χ1v) is 11.6. The number of rotatable bonds is 3. The molecule has 0 unspecified atom stereocenters. The van der Waals surface area contributed by atoms with E-state index in [1.165, 1.54) is 6.20 Å². The van der Waals surface area contributed by atoms with Crippen molar-refractivity contribution in [1.29, 1.82) is 0 Å². The van der Waals surface area contributed by atoms with Crippen molar-refractivity contribution in [3.05, 3.63) is 88.5 Å². The standard InChI is InChI=1S/C24H20ClN3O2S/c1-16(2)20-7-5-4-6-18(20)10-13-22-21-14-15-28(23(21)27-24(25)26-22)31(29,30)19-11-8-17(3)9-12-19/h4-9,11-12,14-16H,1-3H3. The number of nitrogens with zero attached hydrogens (tertiary/aromatic N) is 3. The first-order valence-electron chi connectivity index (χ1n) is 9.75. The highest BCUT2D eigenvalue weighted by Gasteiger charge is 2.21. The maximum atomic E-state index is 13.2. The van der Waals surface area contributed by atoms with Gasteiger partial charge >= 0.3 is 0 Å². The number of fused-ring (bicyclic) bond motifs is 1. The van der Waals surface area contributed by atoms with Gasteiger partial charge in [0.2, 0.25) is 5.28 Å². The van der Waals surface area contributed by atoms with E-state index in [1.807, 2.05) is 31.2 Å². The van der Waals surface area contributed by atoms with Crippen molar-refractivity contribution < 1.29 is 8.42 Å². The van der Waals surface area contributed by atoms with Gasteiger partial charge in [0.05, 0.1) is 10.3 Å². The molecule has 2 heterocycles. The smallest absolute Gasteiger partial charge is 0.224 e. The van der Waals surface area contributed by atoms with Crippen molar-refractivity contribution in [2.24, 2.45) is 0 Å². The summed E-state index contributed by atoms with van der Waals surface area (Å²) in [6.07, 6.45) is 1.46. The lowest BCUT2D eigenvalue weighted by Crippen LogP contribution is -2.12. The van der Waals surface area contributed by atoms with Gasteiger partial charge in [-0.2, -0.15) is 4.98 Å². The van der Waals surface area contributed by atoms with Crippen LogP contribution in [0.25, 0.3) is 11.0 Å². The zero-order chi connectivity index (χ0) is 22.2. The molecule has 0 aliphatic carbocycles. The van der Waals surface area contributed by atoms with Gasteiger partial charge in [-0.3, -0.25) is 0 Å². The van der Waals surface area contributed by atoms with Crippen molar-refractivity contribution in [3.63, 3.8) is 0 Å². The van der Waals surface area contributed by atoms with E-state index < -0.39 is 10.0 Å². The summed E-state index contributed by atoms with van der Waals surface area (Å²) in [5.74, 6) is 6.54. The van der Waals surface area contributed by atoms with Crippen LogP contribution in [0, 0.1) is 18.8 Å². The zero-order valence-electron chi connectivity index (χ0n) is 17.3. The van der Waals surface area contributed by atoms with E-state index in [0.29, 0.717) is 17.0 Å². The van der Waals surface area contributed by atoms with Crippen molar-refractivity contribution in [1.82, 2.24) is 13.9 Å². The van der Waals surface area contributed by atoms with E-state index in [2.05, 4.69) is 35.7 Å². The van der Waals surface area contributed by atoms with Crippen LogP contribution in [-0.2, 0) is 10.0 Å². The number of aromatic nitrogens is 3. The molecule has 31 heavy (non-hydrogen) atoms. The molecule has 0 aliphatic rings. The predicted molar refractivity (Wildman–Crippen MR) is 123 cm³/mol. The molecule has 7 heteroatoms. The molecule has 5 nitrogen and oxygen atoms in total. The van der Waals surface area contributed by atoms with Crippen LogP contribution < -0.4 is 0 Å². The average Bonchev–Trinajstić information content (AvgIpc) is 3.17. The minimum absolute atomic E-state index is 0.0620. The minimum Gasteiger partial charge on any atom is -0.224 e. The second-order valence-electron chi connectivity index (χ2n) is 7.50. The first kappa shape index (κ1) is 21.1. The summed E-state index contributed by atoms with van der Waals surface area (Å²) in [4.78, 5) is 8.59. The van der Waals surface area contributed by atoms with Gasteiger partial charge in [0.25, 0.3) is 10.0 Å². The van der Waals surface area contributed by atoms with Gasteiger partial charge in [0.1, 0.15) is 5.69 Å². The average molecular weight is 450 g/mol. The normalized spacial score (nSPS) is 11.5. The van der Waals surface area contributed by atoms with Gasteiger partial charge < -0.3 is 0 Å². The molecular formula is C24H20ClN3O2S. The highest BCUT2D eigenvalue weighted by Crippen LogP contribution is 2.24. The van der Waals surface area contributed by atoms with E-state index in [-0.39, 0.29) is 15.8 Å². The summed E-state index contributed by atoms with van der Waals surface area (Å²) in [6.45, 7) is 6.11. The van der Waals surface area contributed by atoms with E-state index >= 15 is 0 Å². The molecule has 0 amide bonds. The summed E-state index contributed by atoms with van der Waals surface area (Å²) < 4.78 is 27.4. The third-order valence-corrected chi connectivity index (χ3v) is 6.81. The van der Waals surface area contributed by atoms with Crippen molar-refractivity contribution in [3.8, 4) is 11.8 Å². The second kappa shape index (κ2) is 8.18. The Balaban J connectivity index is 1.85. The van der Waals surface area contributed by atoms with Crippen LogP contribution in [0.2, 0.25) is 5.28 Å². The molecule has 2 aromatic heterocycles. The van der Waals surface area contributed by atoms with Crippen molar-refractivity contribution in [2.75, 3.05) is 0 Å². The van der Waals surface area contributed by atoms with Crippen molar-refractivity contribution in [2.45, 2.75) is 31.6 Å². The lowest BCUT2D eigenvalue weighted by molar-refractivity contribution is 0.588. The Labute approximate surface area is 186 Å². The van der Waals surface area contributed by atoms with Crippen LogP contribution in [0.1, 0.15) is 42.1 Å². The summed E-state index contributed by atoms with van der Waals surface area (Å²) >= 11 is 6.13. The summed E-state index contributed by atoms with van der Waals surface area (Å²) in [5, 5.41) is 0.461. The minimum atomic E-state index is -3.84. The highest BCUT2D eigenvalue weighted by atomic mass is 35.5. The van der Waals surface area contributed by atoms with Crippen LogP contribution in [0.4, 0.5) is 0 Å². The molecular weight excluding hydrogens is 430 g/mol. The molecule has 0 radical (unpaired) electrons. The van der Waals surface area contributed by atoms with Crippen LogP contribution in [0.3, 0.4) is 0 Å². The molecule has 0 saturated carbocycles. The van der Waals surface area contributed by atoms with Crippen LogP contribution in [0.15, 0.2) is 65.7 Å². The second-order valence-corrected chi connectivity index (χ2v) is 9.65. The highest BCUT2D eigenvalue weighted by molar-refractivity contribution is 7.90. The van der Waals surface area contributed by atoms with E-state index in [0.717, 1.165) is 20.7 Å². The third kappa shape index (κ3) is 4.07. The van der Waals surface area contributed by atoms with Crippen molar-refractivity contribution >= 4 is 32.7 Å². The SMILES string of the molecule is Cc1ccc(S(=O)(=O)n2ccc3c(C#Cc4ccccc4C(C)C)nc(Cl)nc32)cc1. The maximum Gasteiger partial charge on any atom is 0.269 e. The number of benzene rings is 2. The zero-order valence-corrected chi connectivity index (χ0v) is 18.9. The van der Waals surface area contributed by atoms with Crippen LogP contribution in [0.5, 0.6) is 0 Å². The molecule has 4 rings (SSSR count). The number of aryl methyl sites for hydroxylation is 1. The lowest BCUT2D eigenvalue weighted by Gasteiger charge is -2.08. The van der Waals surface area contributed by atoms with Gasteiger partial charge in [-0.15, -0.1) is 0 Å². The Bertz CT molecular complexity index is 1440. The fraction of sp³-hybridized carbons (Fsp3) is 0.167. The molecule has 0 atom stereocenters. The Hall–Kier alpha value is -3.14. The maximum absolute atomic E-state index is 13.2. The molecule has 0 bridgehead atoms. The topological polar surface area (TPSA) is 64.8 Å². The number of hydrogen-bond donors (Lipinski definition) is 0. The number of hydrogen-bond acceptors (Lipinski definition) is 4. The van der Waals surface area contributed by atoms with Gasteiger partial charge in [0.15, 0.2) is 5.65 Å². The molecule has 0 fully saturated rings. The van der Waals surface area contributed by atoms with Crippen LogP contribution >= 0.6 is 11.6 Å². The molecule has 0 N–H and O–H groups in total. The fourth-order valence-electron chi connectivity index (χ4n) is 3.32. The van der Waals surface area contributed by atoms with Gasteiger partial charge in [0, 0.05) is 11.8 Å². The molecule has 156 valence electrons. The van der Waals surface area contributed by atoms with E-state index in [4.69, 9.17) is 11.6 Å². The third-order valence-electron chi connectivity index (χ3n) is 4.96. The van der Waals surface area contributed by atoms with E-state index in [9.17, 15) is 8.42 Å². The van der Waals surface area contributed by atoms with E-state index in [1.54, 1.807) is 30.3 Å². The molecule has 0 saturated heterocycles. The molecule has 2 aromatic carbocycles. The first-order chi connectivity index (χ1) is 14.8. The summed E-state index contributed by atoms with van der Waals surface area (Å²) in [5.41, 5.74) is 3.58. The van der Waals surface area contributed by atoms with Gasteiger partial charge in [-0.1, -0.05) is 55.7 Å². The van der Waals surface area contributed by atoms with Gasteiger partial charge in [-0.05, 0) is 60.2 Å². The largest absolute Gasteiger partial charge is 0.269 e. The monoisotopic (exact) mass is 449 g/mol. The number of halogens is 1. The van der Waals surface area contributed by atoms with Gasteiger partial charge in [-0.25, -0.2) is 17.4 Å². The summed E-state index contributed by atoms with van der Waals surface area (Å²) in [7, 11) is -3.84. The Kier molecular flexibility index (Phi) is 5.57. The quantitative estimate of drug-likeness (QED) is 0.320. The van der Waals surface area contributed by atoms with Crippen LogP contribution in [-0.4, -0.2) is 22.4 Å².